The van der Waals surface area contributed by atoms with Crippen LogP contribution in [0.15, 0.2) is 12.2 Å². The summed E-state index contributed by atoms with van der Waals surface area (Å²) in [6.07, 6.45) is -0.00792. The van der Waals surface area contributed by atoms with E-state index in [0.717, 1.165) is 0 Å². The lowest BCUT2D eigenvalue weighted by molar-refractivity contribution is -0.202. The zero-order valence-electron chi connectivity index (χ0n) is 7.33. The normalized spacial score (nSPS) is 15.0. The summed E-state index contributed by atoms with van der Waals surface area (Å²) in [5.41, 5.74) is 0.216. The van der Waals surface area contributed by atoms with Crippen molar-refractivity contribution in [2.45, 2.75) is 26.1 Å². The minimum Gasteiger partial charge on any atom is -0.430 e. The van der Waals surface area contributed by atoms with Crippen LogP contribution in [0.3, 0.4) is 0 Å². The summed E-state index contributed by atoms with van der Waals surface area (Å²) in [5, 5.41) is 17.8. The van der Waals surface area contributed by atoms with Gasteiger partial charge < -0.3 is 14.9 Å². The Balaban J connectivity index is 4.05. The third kappa shape index (κ3) is 4.10. The topological polar surface area (TPSA) is 66.8 Å². The smallest absolute Gasteiger partial charge is 0.335 e. The minimum atomic E-state index is -1.61. The Kier molecular flexibility index (Phi) is 3.92. The molecule has 1 unspecified atom stereocenters. The van der Waals surface area contributed by atoms with Gasteiger partial charge in [-0.2, -0.15) is 0 Å². The van der Waals surface area contributed by atoms with Crippen LogP contribution in [0.5, 0.6) is 0 Å². The maximum atomic E-state index is 10.9. The van der Waals surface area contributed by atoms with Crippen LogP contribution in [-0.4, -0.2) is 28.6 Å². The number of rotatable bonds is 4. The van der Waals surface area contributed by atoms with Crippen LogP contribution in [0.2, 0.25) is 0 Å². The van der Waals surface area contributed by atoms with Gasteiger partial charge in [-0.3, -0.25) is 0 Å². The van der Waals surface area contributed by atoms with Gasteiger partial charge in [0.1, 0.15) is 0 Å². The minimum absolute atomic E-state index is 0.00792. The summed E-state index contributed by atoms with van der Waals surface area (Å²) in [4.78, 5) is 10.9. The molecule has 0 aromatic carbocycles. The molecule has 0 fully saturated rings. The second-order valence-corrected chi connectivity index (χ2v) is 2.82. The second kappa shape index (κ2) is 4.23. The monoisotopic (exact) mass is 174 g/mol. The van der Waals surface area contributed by atoms with Crippen LogP contribution in [-0.2, 0) is 9.53 Å². The molecule has 0 saturated heterocycles. The highest BCUT2D eigenvalue weighted by molar-refractivity contribution is 5.87. The molecule has 70 valence electrons. The average molecular weight is 174 g/mol. The van der Waals surface area contributed by atoms with E-state index < -0.39 is 11.8 Å². The highest BCUT2D eigenvalue weighted by Crippen LogP contribution is 2.12. The van der Waals surface area contributed by atoms with Crippen molar-refractivity contribution in [2.24, 2.45) is 0 Å². The van der Waals surface area contributed by atoms with Gasteiger partial charge in [0.2, 0.25) is 5.79 Å². The lowest BCUT2D eigenvalue weighted by atomic mass is 10.2. The Hall–Kier alpha value is -0.870. The van der Waals surface area contributed by atoms with E-state index in [-0.39, 0.29) is 18.6 Å². The lowest BCUT2D eigenvalue weighted by Crippen LogP contribution is -2.32. The van der Waals surface area contributed by atoms with E-state index in [9.17, 15) is 9.90 Å². The molecule has 4 nitrogen and oxygen atoms in total. The first-order chi connectivity index (χ1) is 5.39. The van der Waals surface area contributed by atoms with E-state index in [1.807, 2.05) is 0 Å². The molecule has 0 aliphatic rings. The average Bonchev–Trinajstić information content (AvgIpc) is 1.85. The lowest BCUT2D eigenvalue weighted by Gasteiger charge is -2.22. The van der Waals surface area contributed by atoms with Crippen molar-refractivity contribution < 1.29 is 19.7 Å². The summed E-state index contributed by atoms with van der Waals surface area (Å²) in [6.45, 7) is 5.90. The van der Waals surface area contributed by atoms with Crippen LogP contribution in [0, 0.1) is 0 Å². The summed E-state index contributed by atoms with van der Waals surface area (Å²) < 4.78 is 4.60. The molecule has 1 atom stereocenters. The van der Waals surface area contributed by atoms with Crippen molar-refractivity contribution in [3.05, 3.63) is 12.2 Å². The van der Waals surface area contributed by atoms with Gasteiger partial charge in [0.05, 0.1) is 0 Å². The fourth-order valence-corrected chi connectivity index (χ4v) is 0.545. The molecule has 0 radical (unpaired) electrons. The van der Waals surface area contributed by atoms with E-state index in [1.165, 1.54) is 13.8 Å². The Morgan fingerprint density at radius 1 is 1.67 bits per heavy atom. The summed E-state index contributed by atoms with van der Waals surface area (Å²) in [6, 6.07) is 0. The van der Waals surface area contributed by atoms with E-state index >= 15 is 0 Å². The zero-order chi connectivity index (χ0) is 9.78. The molecule has 0 spiro atoms. The first-order valence-corrected chi connectivity index (χ1v) is 3.61. The number of hydrogen-bond donors (Lipinski definition) is 2. The molecule has 0 aromatic heterocycles. The van der Waals surface area contributed by atoms with E-state index in [0.29, 0.717) is 0 Å². The maximum absolute atomic E-state index is 10.9. The van der Waals surface area contributed by atoms with E-state index in [2.05, 4.69) is 11.3 Å². The van der Waals surface area contributed by atoms with Crippen LogP contribution in [0.1, 0.15) is 20.3 Å². The maximum Gasteiger partial charge on any atom is 0.335 e. The predicted octanol–water partition coefficient (Wildman–Crippen LogP) is 0.197. The summed E-state index contributed by atoms with van der Waals surface area (Å²) >= 11 is 0. The number of aliphatic hydroxyl groups is 2. The number of ether oxygens (including phenoxy) is 1. The van der Waals surface area contributed by atoms with Gasteiger partial charge in [0.25, 0.3) is 0 Å². The van der Waals surface area contributed by atoms with Gasteiger partial charge in [0.15, 0.2) is 0 Å². The van der Waals surface area contributed by atoms with Gasteiger partial charge in [-0.25, -0.2) is 4.79 Å². The standard InChI is InChI=1S/C8H14O4/c1-6(2)7(10)12-8(3,11)4-5-9/h9,11H,1,4-5H2,2-3H3. The molecule has 2 N–H and O–H groups in total. The highest BCUT2D eigenvalue weighted by atomic mass is 16.7. The third-order valence-corrected chi connectivity index (χ3v) is 1.24. The number of carbonyl (C=O) groups is 1. The Bertz CT molecular complexity index is 183. The molecule has 0 aliphatic heterocycles. The molecular formula is C8H14O4. The molecule has 0 bridgehead atoms. The Labute approximate surface area is 71.5 Å². The molecule has 0 amide bonds. The van der Waals surface area contributed by atoms with Crippen molar-refractivity contribution in [1.29, 1.82) is 0 Å². The van der Waals surface area contributed by atoms with E-state index in [1.54, 1.807) is 0 Å². The molecular weight excluding hydrogens is 160 g/mol. The number of hydrogen-bond acceptors (Lipinski definition) is 4. The van der Waals surface area contributed by atoms with Gasteiger partial charge >= 0.3 is 5.97 Å². The molecule has 0 heterocycles. The summed E-state index contributed by atoms with van der Waals surface area (Å²) in [5.74, 6) is -2.27. The molecule has 0 rings (SSSR count). The number of esters is 1. The zero-order valence-corrected chi connectivity index (χ0v) is 7.33. The molecule has 4 heteroatoms. The van der Waals surface area contributed by atoms with Crippen LogP contribution >= 0.6 is 0 Å². The fourth-order valence-electron chi connectivity index (χ4n) is 0.545. The fraction of sp³-hybridized carbons (Fsp3) is 0.625. The van der Waals surface area contributed by atoms with Crippen LogP contribution < -0.4 is 0 Å². The van der Waals surface area contributed by atoms with Crippen LogP contribution in [0.4, 0.5) is 0 Å². The number of aliphatic hydroxyl groups excluding tert-OH is 1. The van der Waals surface area contributed by atoms with Crippen molar-refractivity contribution in [2.75, 3.05) is 6.61 Å². The van der Waals surface area contributed by atoms with Gasteiger partial charge in [-0.1, -0.05) is 6.58 Å². The third-order valence-electron chi connectivity index (χ3n) is 1.24. The molecule has 12 heavy (non-hydrogen) atoms. The Morgan fingerprint density at radius 2 is 2.17 bits per heavy atom. The van der Waals surface area contributed by atoms with Crippen molar-refractivity contribution in [3.8, 4) is 0 Å². The quantitative estimate of drug-likeness (QED) is 0.363. The molecule has 0 aromatic rings. The Morgan fingerprint density at radius 3 is 2.50 bits per heavy atom. The van der Waals surface area contributed by atoms with Gasteiger partial charge in [-0.15, -0.1) is 0 Å². The van der Waals surface area contributed by atoms with Gasteiger partial charge in [0, 0.05) is 25.5 Å². The van der Waals surface area contributed by atoms with Crippen LogP contribution in [0.25, 0.3) is 0 Å². The van der Waals surface area contributed by atoms with Gasteiger partial charge in [-0.05, 0) is 6.92 Å². The second-order valence-electron chi connectivity index (χ2n) is 2.82. The molecule has 0 aliphatic carbocycles. The van der Waals surface area contributed by atoms with Crippen molar-refractivity contribution in [3.63, 3.8) is 0 Å². The highest BCUT2D eigenvalue weighted by Gasteiger charge is 2.24. The van der Waals surface area contributed by atoms with Crippen molar-refractivity contribution in [1.82, 2.24) is 0 Å². The first kappa shape index (κ1) is 11.1. The summed E-state index contributed by atoms with van der Waals surface area (Å²) in [7, 11) is 0. The van der Waals surface area contributed by atoms with E-state index in [4.69, 9.17) is 5.11 Å². The largest absolute Gasteiger partial charge is 0.430 e. The number of carbonyl (C=O) groups excluding carboxylic acids is 1. The molecule has 0 saturated carbocycles. The SMILES string of the molecule is C=C(C)C(=O)OC(C)(O)CCO. The van der Waals surface area contributed by atoms with Crippen molar-refractivity contribution >= 4 is 5.97 Å². The first-order valence-electron chi connectivity index (χ1n) is 3.61. The predicted molar refractivity (Wildman–Crippen MR) is 43.2 cm³/mol.